The van der Waals surface area contributed by atoms with E-state index >= 15 is 0 Å². The molecule has 1 N–H and O–H groups in total. The Morgan fingerprint density at radius 2 is 1.82 bits per heavy atom. The number of nitrogens with zero attached hydrogens (tertiary/aromatic N) is 3. The van der Waals surface area contributed by atoms with Crippen LogP contribution in [0.1, 0.15) is 56.0 Å². The molecule has 11 heteroatoms. The van der Waals surface area contributed by atoms with Gasteiger partial charge in [0.2, 0.25) is 0 Å². The van der Waals surface area contributed by atoms with E-state index in [1.54, 1.807) is 9.80 Å². The van der Waals surface area contributed by atoms with E-state index in [2.05, 4.69) is 10.3 Å². The second-order valence-corrected chi connectivity index (χ2v) is 10.3. The number of aromatic nitrogens is 1. The highest BCUT2D eigenvalue weighted by Crippen LogP contribution is 2.41. The molecular weight excluding hydrogens is 457 g/mol. The van der Waals surface area contributed by atoms with E-state index < -0.39 is 23.4 Å². The predicted molar refractivity (Wildman–Crippen MR) is 120 cm³/mol. The molecule has 2 aliphatic heterocycles. The monoisotopic (exact) mass is 484 g/mol. The van der Waals surface area contributed by atoms with Gasteiger partial charge in [-0.1, -0.05) is 0 Å². The summed E-state index contributed by atoms with van der Waals surface area (Å²) in [5, 5.41) is 4.22. The molecule has 4 heterocycles. The Morgan fingerprint density at radius 3 is 2.36 bits per heavy atom. The Balaban J connectivity index is 1.55. The van der Waals surface area contributed by atoms with Crippen LogP contribution in [0.5, 0.6) is 0 Å². The molecule has 2 aromatic heterocycles. The van der Waals surface area contributed by atoms with Gasteiger partial charge in [-0.25, -0.2) is 9.78 Å². The van der Waals surface area contributed by atoms with Gasteiger partial charge in [0.05, 0.1) is 21.3 Å². The summed E-state index contributed by atoms with van der Waals surface area (Å²) in [6, 6.07) is 1.06. The Kier molecular flexibility index (Phi) is 6.19. The highest BCUT2D eigenvalue weighted by Gasteiger charge is 2.37. The van der Waals surface area contributed by atoms with Gasteiger partial charge in [0, 0.05) is 49.9 Å². The maximum Gasteiger partial charge on any atom is 0.417 e. The van der Waals surface area contributed by atoms with Crippen LogP contribution in [0.25, 0.3) is 10.2 Å². The van der Waals surface area contributed by atoms with Crippen LogP contribution in [0.3, 0.4) is 0 Å². The first kappa shape index (κ1) is 23.6. The number of halogens is 3. The van der Waals surface area contributed by atoms with Crippen molar-refractivity contribution in [3.63, 3.8) is 0 Å². The maximum absolute atomic E-state index is 13.9. The van der Waals surface area contributed by atoms with Crippen LogP contribution < -0.4 is 10.2 Å². The number of thiophene rings is 1. The van der Waals surface area contributed by atoms with E-state index in [0.29, 0.717) is 39.0 Å². The zero-order valence-electron chi connectivity index (χ0n) is 18.8. The minimum atomic E-state index is -4.57. The van der Waals surface area contributed by atoms with E-state index in [1.165, 1.54) is 5.38 Å². The van der Waals surface area contributed by atoms with Gasteiger partial charge in [0.1, 0.15) is 11.9 Å². The topological polar surface area (TPSA) is 74.8 Å². The van der Waals surface area contributed by atoms with Crippen LogP contribution in [-0.2, 0) is 10.9 Å². The molecule has 7 nitrogen and oxygen atoms in total. The molecule has 0 aromatic carbocycles. The standard InChI is InChI=1S/C22H27F3N4O3S/c1-21(2,3)27-20(31)32-13-5-9-28(10-6-13)16-11-15(22(23,24)25)18-17(26-16)14(12-33-18)19(30)29-7-4-8-29/h11-13H,4-10H2,1-3H3,(H,27,31). The number of hydrogen-bond acceptors (Lipinski definition) is 6. The zero-order valence-corrected chi connectivity index (χ0v) is 19.6. The summed E-state index contributed by atoms with van der Waals surface area (Å²) in [5.74, 6) is -0.0919. The third-order valence-corrected chi connectivity index (χ3v) is 6.71. The van der Waals surface area contributed by atoms with Crippen molar-refractivity contribution in [3.05, 3.63) is 22.6 Å². The van der Waals surface area contributed by atoms with Crippen LogP contribution in [-0.4, -0.2) is 59.7 Å². The number of hydrogen-bond donors (Lipinski definition) is 1. The van der Waals surface area contributed by atoms with Crippen molar-refractivity contribution in [2.24, 2.45) is 0 Å². The summed E-state index contributed by atoms with van der Waals surface area (Å²) < 4.78 is 47.0. The van der Waals surface area contributed by atoms with E-state index in [-0.39, 0.29) is 33.6 Å². The highest BCUT2D eigenvalue weighted by molar-refractivity contribution is 7.17. The fraction of sp³-hybridized carbons (Fsp3) is 0.591. The number of anilines is 1. The summed E-state index contributed by atoms with van der Waals surface area (Å²) in [6.45, 7) is 7.55. The SMILES string of the molecule is CC(C)(C)NC(=O)OC1CCN(c2cc(C(F)(F)F)c3scc(C(=O)N4CCC4)c3n2)CC1. The van der Waals surface area contributed by atoms with Crippen LogP contribution in [0.15, 0.2) is 11.4 Å². The van der Waals surface area contributed by atoms with Gasteiger partial charge in [-0.3, -0.25) is 4.79 Å². The summed E-state index contributed by atoms with van der Waals surface area (Å²) in [5.41, 5.74) is -0.876. The Bertz CT molecular complexity index is 1050. The Morgan fingerprint density at radius 1 is 1.15 bits per heavy atom. The quantitative estimate of drug-likeness (QED) is 0.686. The summed E-state index contributed by atoms with van der Waals surface area (Å²) >= 11 is 0.902. The number of ether oxygens (including phenoxy) is 1. The molecule has 0 spiro atoms. The molecule has 0 atom stereocenters. The van der Waals surface area contributed by atoms with E-state index in [4.69, 9.17) is 4.74 Å². The summed E-state index contributed by atoms with van der Waals surface area (Å²) in [4.78, 5) is 32.6. The number of amides is 2. The van der Waals surface area contributed by atoms with Crippen molar-refractivity contribution in [1.29, 1.82) is 0 Å². The summed E-state index contributed by atoms with van der Waals surface area (Å²) in [7, 11) is 0. The van der Waals surface area contributed by atoms with Crippen molar-refractivity contribution in [1.82, 2.24) is 15.2 Å². The first-order chi connectivity index (χ1) is 15.4. The van der Waals surface area contributed by atoms with Gasteiger partial charge in [-0.15, -0.1) is 11.3 Å². The number of alkyl halides is 3. The van der Waals surface area contributed by atoms with Gasteiger partial charge < -0.3 is 19.9 Å². The van der Waals surface area contributed by atoms with Crippen molar-refractivity contribution in [2.45, 2.75) is 57.9 Å². The number of pyridine rings is 1. The van der Waals surface area contributed by atoms with Gasteiger partial charge in [-0.05, 0) is 33.3 Å². The minimum Gasteiger partial charge on any atom is -0.446 e. The molecule has 4 rings (SSSR count). The Hall–Kier alpha value is -2.56. The molecule has 2 amide bonds. The lowest BCUT2D eigenvalue weighted by atomic mass is 10.1. The predicted octanol–water partition coefficient (Wildman–Crippen LogP) is 4.65. The molecule has 0 aliphatic carbocycles. The average Bonchev–Trinajstić information content (AvgIpc) is 3.08. The van der Waals surface area contributed by atoms with E-state index in [9.17, 15) is 22.8 Å². The lowest BCUT2D eigenvalue weighted by molar-refractivity contribution is -0.136. The van der Waals surface area contributed by atoms with Gasteiger partial charge in [0.15, 0.2) is 0 Å². The number of fused-ring (bicyclic) bond motifs is 1. The smallest absolute Gasteiger partial charge is 0.417 e. The molecular formula is C22H27F3N4O3S. The Labute approximate surface area is 193 Å². The highest BCUT2D eigenvalue weighted by atomic mass is 32.1. The number of likely N-dealkylation sites (tertiary alicyclic amines) is 1. The lowest BCUT2D eigenvalue weighted by Crippen LogP contribution is -2.44. The fourth-order valence-electron chi connectivity index (χ4n) is 3.90. The number of carbonyl (C=O) groups excluding carboxylic acids is 2. The van der Waals surface area contributed by atoms with Gasteiger partial charge in [0.25, 0.3) is 5.91 Å². The minimum absolute atomic E-state index is 0.0211. The van der Waals surface area contributed by atoms with E-state index in [0.717, 1.165) is 23.8 Å². The maximum atomic E-state index is 13.9. The van der Waals surface area contributed by atoms with Crippen molar-refractivity contribution >= 4 is 39.4 Å². The molecule has 33 heavy (non-hydrogen) atoms. The third-order valence-electron chi connectivity index (χ3n) is 5.71. The molecule has 0 saturated carbocycles. The number of alkyl carbamates (subject to hydrolysis) is 1. The van der Waals surface area contributed by atoms with Crippen LogP contribution in [0, 0.1) is 0 Å². The second-order valence-electron chi connectivity index (χ2n) is 9.47. The molecule has 2 fully saturated rings. The summed E-state index contributed by atoms with van der Waals surface area (Å²) in [6.07, 6.45) is -3.55. The molecule has 180 valence electrons. The molecule has 2 saturated heterocycles. The van der Waals surface area contributed by atoms with Crippen molar-refractivity contribution in [3.8, 4) is 0 Å². The van der Waals surface area contributed by atoms with Crippen LogP contribution in [0.2, 0.25) is 0 Å². The van der Waals surface area contributed by atoms with Gasteiger partial charge >= 0.3 is 12.3 Å². The normalized spacial score (nSPS) is 17.8. The first-order valence-electron chi connectivity index (χ1n) is 10.9. The van der Waals surface area contributed by atoms with Crippen LogP contribution >= 0.6 is 11.3 Å². The van der Waals surface area contributed by atoms with Gasteiger partial charge in [-0.2, -0.15) is 13.2 Å². The molecule has 0 unspecified atom stereocenters. The lowest BCUT2D eigenvalue weighted by Gasteiger charge is -2.33. The van der Waals surface area contributed by atoms with E-state index in [1.807, 2.05) is 20.8 Å². The van der Waals surface area contributed by atoms with Crippen molar-refractivity contribution < 1.29 is 27.5 Å². The average molecular weight is 485 g/mol. The second kappa shape index (κ2) is 8.66. The number of rotatable bonds is 3. The molecule has 0 radical (unpaired) electrons. The third kappa shape index (κ3) is 5.18. The fourth-order valence-corrected chi connectivity index (χ4v) is 4.92. The number of piperidine rings is 1. The number of nitrogens with one attached hydrogen (secondary N) is 1. The zero-order chi connectivity index (χ0) is 24.0. The van der Waals surface area contributed by atoms with Crippen molar-refractivity contribution in [2.75, 3.05) is 31.1 Å². The largest absolute Gasteiger partial charge is 0.446 e. The molecule has 2 aromatic rings. The molecule has 2 aliphatic rings. The number of carbonyl (C=O) groups is 2. The van der Waals surface area contributed by atoms with Crippen LogP contribution in [0.4, 0.5) is 23.8 Å². The molecule has 0 bridgehead atoms. The first-order valence-corrected chi connectivity index (χ1v) is 11.8.